The maximum atomic E-state index is 7.65. The Hall–Kier alpha value is -13.6. The topological polar surface area (TPSA) is 103 Å². The normalized spacial score (nSPS) is 12.5. The molecule has 20 rings (SSSR count). The van der Waals surface area contributed by atoms with Crippen molar-refractivity contribution in [2.45, 2.75) is 48.0 Å². The van der Waals surface area contributed by atoms with Gasteiger partial charge >= 0.3 is 0 Å². The molecule has 0 fully saturated rings. The van der Waals surface area contributed by atoms with Crippen LogP contribution in [-0.2, 0) is 80.4 Å². The molecule has 0 bridgehead atoms. The predicted molar refractivity (Wildman–Crippen MR) is 523 cm³/mol. The summed E-state index contributed by atoms with van der Waals surface area (Å²) in [7, 11) is 0. The smallest absolute Gasteiger partial charge is 0.0280 e. The van der Waals surface area contributed by atoms with E-state index in [2.05, 4.69) is 144 Å². The van der Waals surface area contributed by atoms with Gasteiger partial charge in [0, 0.05) is 155 Å². The fourth-order valence-corrected chi connectivity index (χ4v) is 12.5. The van der Waals surface area contributed by atoms with Gasteiger partial charge < -0.3 is 39.9 Å². The number of nitrogens with zero attached hydrogens (tertiary/aromatic N) is 8. The molecule has 20 aromatic rings. The summed E-state index contributed by atoms with van der Waals surface area (Å²) in [5, 5.41) is 0. The third-order valence-corrected chi connectivity index (χ3v) is 19.0. The molecule has 0 saturated carbocycles. The van der Waals surface area contributed by atoms with Crippen molar-refractivity contribution in [2.75, 3.05) is 0 Å². The van der Waals surface area contributed by atoms with Crippen molar-refractivity contribution >= 4 is 0 Å². The zero-order chi connectivity index (χ0) is 103. The van der Waals surface area contributed by atoms with Gasteiger partial charge in [-0.2, -0.15) is 0 Å². The van der Waals surface area contributed by atoms with Gasteiger partial charge in [0.25, 0.3) is 0 Å². The molecule has 0 unspecified atom stereocenters. The van der Waals surface area contributed by atoms with Gasteiger partial charge in [0.15, 0.2) is 0 Å². The molecule has 4 radical (unpaired) electrons. The summed E-state index contributed by atoms with van der Waals surface area (Å²) in [5.41, 5.74) is 25.0. The molecule has 131 heavy (non-hydrogen) atoms. The van der Waals surface area contributed by atoms with Gasteiger partial charge in [0.2, 0.25) is 0 Å². The van der Waals surface area contributed by atoms with Crippen molar-refractivity contribution in [1.29, 1.82) is 0 Å². The van der Waals surface area contributed by atoms with Crippen molar-refractivity contribution in [1.82, 2.24) is 39.9 Å². The van der Waals surface area contributed by atoms with E-state index in [0.717, 1.165) is 112 Å². The molecule has 0 saturated heterocycles. The average Bonchev–Trinajstić information content (AvgIpc) is 0.791. The molecule has 0 aliphatic heterocycles. The van der Waals surface area contributed by atoms with Crippen LogP contribution in [0.1, 0.15) is 63.6 Å². The van der Waals surface area contributed by atoms with E-state index in [-0.39, 0.29) is 103 Å². The number of pyridine rings is 8. The number of aryl methyl sites for hydroxylation is 7. The van der Waals surface area contributed by atoms with Crippen LogP contribution in [0.3, 0.4) is 0 Å². The summed E-state index contributed by atoms with van der Waals surface area (Å²) in [5.74, 6) is 0. The fourth-order valence-electron chi connectivity index (χ4n) is 12.5. The maximum absolute atomic E-state index is 7.65. The van der Waals surface area contributed by atoms with E-state index in [4.69, 9.17) is 24.7 Å². The van der Waals surface area contributed by atoms with E-state index < -0.39 is 41.1 Å². The summed E-state index contributed by atoms with van der Waals surface area (Å²) < 4.78 is 132. The first-order valence-corrected chi connectivity index (χ1v) is 40.5. The minimum Gasteiger partial charge on any atom is -0.305 e. The minimum atomic E-state index is -2.14. The monoisotopic (exact) mass is 2420 g/mol. The van der Waals surface area contributed by atoms with E-state index in [0.29, 0.717) is 16.7 Å². The Morgan fingerprint density at radius 2 is 0.435 bits per heavy atom. The van der Waals surface area contributed by atoms with Crippen LogP contribution in [0.4, 0.5) is 0 Å². The van der Waals surface area contributed by atoms with Crippen molar-refractivity contribution in [2.24, 2.45) is 0 Å². The molecule has 8 aromatic heterocycles. The van der Waals surface area contributed by atoms with Crippen LogP contribution >= 0.6 is 0 Å². The van der Waals surface area contributed by atoms with Crippen molar-refractivity contribution < 1.29 is 105 Å². The second kappa shape index (κ2) is 54.7. The van der Waals surface area contributed by atoms with Gasteiger partial charge in [0.05, 0.1) is 0 Å². The van der Waals surface area contributed by atoms with Gasteiger partial charge in [0.1, 0.15) is 0 Å². The van der Waals surface area contributed by atoms with Crippen molar-refractivity contribution in [3.63, 3.8) is 0 Å². The molecule has 8 nitrogen and oxygen atoms in total. The number of rotatable bonds is 12. The summed E-state index contributed by atoms with van der Waals surface area (Å²) in [4.78, 5) is 34.3. The van der Waals surface area contributed by atoms with Crippen LogP contribution in [-0.4, -0.2) is 39.9 Å². The van der Waals surface area contributed by atoms with Crippen LogP contribution in [0, 0.1) is 96.6 Å². The molecular formula is C119H94Ir4N8-8. The molecule has 12 aromatic carbocycles. The van der Waals surface area contributed by atoms with Crippen LogP contribution in [0.25, 0.3) is 135 Å². The third kappa shape index (κ3) is 32.0. The number of benzene rings is 12. The zero-order valence-electron chi connectivity index (χ0n) is 88.6. The molecular weight excluding hydrogens is 2310 g/mol. The third-order valence-electron chi connectivity index (χ3n) is 19.0. The molecule has 0 N–H and O–H groups in total. The van der Waals surface area contributed by atoms with Crippen LogP contribution in [0.2, 0.25) is 0 Å². The molecule has 0 spiro atoms. The van der Waals surface area contributed by atoms with Gasteiger partial charge in [-0.3, -0.25) is 0 Å². The minimum absolute atomic E-state index is 0. The van der Waals surface area contributed by atoms with E-state index in [1.807, 2.05) is 261 Å². The molecule has 654 valence electrons. The molecule has 0 amide bonds. The first kappa shape index (κ1) is 77.4. The molecule has 12 heteroatoms. The van der Waals surface area contributed by atoms with E-state index in [9.17, 15) is 0 Å². The standard InChI is InChI=1S/3C18H14N.C17H12N.4C12H10N.4Ir/c2*1-14-7-5-6-10-17(14)16-11-12-18(19-13-16)15-8-3-2-4-9-15;1-14-7-9-15(10-8-14)17-11-12-18(19-13-17)16-5-3-2-4-6-16;1-3-7-14(8-4-1)16-11-12-18-17(13-16)15-9-5-2-6-10-15;4*1-10-7-8-12(13-9-10)11-5-3-2-4-6-11;;;;/h2*2-8,10-13H,1H3;2-5,7-13H,1H3;1-9,11-13H;4*2-5,7-9H,1H3;;;;/q8*-1;;;;/i1D3;;1D3;;4*1D3;;;;. The summed E-state index contributed by atoms with van der Waals surface area (Å²) in [6, 6.07) is 148. The SMILES string of the molecule is Cc1ccccc1-c1ccc(-c2[c-]cccc2)nc1.[2H]C([2H])([2H])c1ccc(-c2[c-]cccc2)nc1.[2H]C([2H])([2H])c1ccc(-c2[c-]cccc2)nc1.[2H]C([2H])([2H])c1ccc(-c2[c-]cccc2)nc1.[2H]C([2H])([2H])c1ccc(-c2[c-]cccc2)nc1.[2H]C([2H])([2H])c1ccc(-c2ccc(-c3[c-]cccc3)nc2)cc1.[2H]C([2H])([2H])c1ccccc1-c1ccc(-c2[c-]cccc2)nc1.[Ir].[Ir].[Ir].[Ir].[c-]1ccccc1-c1cc(-c2ccccc2)ccn1. The average molecular weight is 2420 g/mol. The Morgan fingerprint density at radius 3 is 0.718 bits per heavy atom. The Bertz CT molecular complexity index is 6900. The van der Waals surface area contributed by atoms with Gasteiger partial charge in [-0.15, -0.1) is 287 Å². The van der Waals surface area contributed by atoms with Gasteiger partial charge in [-0.05, 0) is 178 Å². The molecule has 0 aliphatic rings. The molecule has 8 heterocycles. The first-order chi connectivity index (χ1) is 69.7. The van der Waals surface area contributed by atoms with E-state index in [1.54, 1.807) is 109 Å². The van der Waals surface area contributed by atoms with Crippen molar-refractivity contribution in [3.05, 3.63) is 531 Å². The Labute approximate surface area is 852 Å². The van der Waals surface area contributed by atoms with Crippen LogP contribution < -0.4 is 0 Å². The van der Waals surface area contributed by atoms with Crippen LogP contribution in [0.5, 0.6) is 0 Å². The Morgan fingerprint density at radius 1 is 0.183 bits per heavy atom. The number of hydrogen-bond donors (Lipinski definition) is 0. The number of hydrogen-bond acceptors (Lipinski definition) is 8. The van der Waals surface area contributed by atoms with Crippen LogP contribution in [0.15, 0.2) is 444 Å². The summed E-state index contributed by atoms with van der Waals surface area (Å²) in [6.45, 7) is -10.4. The predicted octanol–water partition coefficient (Wildman–Crippen LogP) is 29.2. The Kier molecular flexibility index (Phi) is 32.3. The van der Waals surface area contributed by atoms with E-state index >= 15 is 0 Å². The quantitative estimate of drug-likeness (QED) is 0.111. The molecule has 0 atom stereocenters. The second-order valence-electron chi connectivity index (χ2n) is 28.0. The second-order valence-corrected chi connectivity index (χ2v) is 28.0. The Balaban J connectivity index is 0.000000189. The van der Waals surface area contributed by atoms with E-state index in [1.165, 1.54) is 47.0 Å². The first-order valence-electron chi connectivity index (χ1n) is 49.5. The van der Waals surface area contributed by atoms with Crippen molar-refractivity contribution in [3.8, 4) is 135 Å². The zero-order valence-corrected chi connectivity index (χ0v) is 80.1. The number of aromatic nitrogens is 8. The van der Waals surface area contributed by atoms with Gasteiger partial charge in [-0.1, -0.05) is 200 Å². The van der Waals surface area contributed by atoms with Gasteiger partial charge in [-0.25, -0.2) is 0 Å². The maximum Gasteiger partial charge on any atom is 0.0280 e. The molecule has 0 aliphatic carbocycles. The fraction of sp³-hybridized carbons (Fsp3) is 0.0588. The summed E-state index contributed by atoms with van der Waals surface area (Å²) >= 11 is 0. The largest absolute Gasteiger partial charge is 0.305 e. The summed E-state index contributed by atoms with van der Waals surface area (Å²) in [6.07, 6.45) is 12.8.